The van der Waals surface area contributed by atoms with E-state index in [4.69, 9.17) is 9.47 Å². The van der Waals surface area contributed by atoms with Crippen molar-refractivity contribution >= 4 is 0 Å². The fraction of sp³-hybridized carbons (Fsp3) is 0.647. The van der Waals surface area contributed by atoms with Gasteiger partial charge in [-0.1, -0.05) is 32.0 Å². The molecule has 1 aromatic carbocycles. The Balaban J connectivity index is 1.84. The predicted molar refractivity (Wildman–Crippen MR) is 85.8 cm³/mol. The molecule has 0 aliphatic carbocycles. The highest BCUT2D eigenvalue weighted by Gasteiger charge is 2.20. The first kappa shape index (κ1) is 16.3. The summed E-state index contributed by atoms with van der Waals surface area (Å²) in [7, 11) is 0. The minimum Gasteiger partial charge on any atom is -0.490 e. The van der Waals surface area contributed by atoms with Crippen molar-refractivity contribution in [1.29, 1.82) is 0 Å². The molecule has 0 bridgehead atoms. The third-order valence-electron chi connectivity index (χ3n) is 3.81. The number of likely N-dealkylation sites (N-methyl/N-ethyl adjacent to an activating group) is 1. The van der Waals surface area contributed by atoms with Gasteiger partial charge in [-0.25, -0.2) is 0 Å². The lowest BCUT2D eigenvalue weighted by atomic mass is 10.2. The molecule has 1 aliphatic heterocycles. The number of nitrogens with zero attached hydrogens (tertiary/aromatic N) is 1. The van der Waals surface area contributed by atoms with Crippen molar-refractivity contribution in [3.05, 3.63) is 29.8 Å². The van der Waals surface area contributed by atoms with E-state index in [1.807, 2.05) is 12.1 Å². The number of benzene rings is 1. The summed E-state index contributed by atoms with van der Waals surface area (Å²) in [6, 6.07) is 8.26. The van der Waals surface area contributed by atoms with E-state index in [2.05, 4.69) is 36.2 Å². The van der Waals surface area contributed by atoms with Crippen molar-refractivity contribution < 1.29 is 9.47 Å². The summed E-state index contributed by atoms with van der Waals surface area (Å²) in [5.74, 6) is 0.971. The number of morpholine rings is 1. The Morgan fingerprint density at radius 3 is 3.00 bits per heavy atom. The second-order valence-corrected chi connectivity index (χ2v) is 5.48. The molecule has 1 aromatic rings. The Kier molecular flexibility index (Phi) is 7.00. The molecule has 1 heterocycles. The maximum atomic E-state index is 6.01. The SMILES string of the molecule is CCCNCc1ccccc1OCC1CN(CC)CCO1. The molecule has 0 amide bonds. The smallest absolute Gasteiger partial charge is 0.123 e. The van der Waals surface area contributed by atoms with Crippen LogP contribution in [0.3, 0.4) is 0 Å². The van der Waals surface area contributed by atoms with Crippen LogP contribution in [0.25, 0.3) is 0 Å². The monoisotopic (exact) mass is 292 g/mol. The van der Waals surface area contributed by atoms with Crippen LogP contribution in [0.2, 0.25) is 0 Å². The van der Waals surface area contributed by atoms with E-state index in [0.29, 0.717) is 6.61 Å². The van der Waals surface area contributed by atoms with E-state index in [0.717, 1.165) is 51.5 Å². The molecule has 0 spiro atoms. The minimum atomic E-state index is 0.176. The van der Waals surface area contributed by atoms with Gasteiger partial charge < -0.3 is 14.8 Å². The van der Waals surface area contributed by atoms with Gasteiger partial charge in [-0.15, -0.1) is 0 Å². The quantitative estimate of drug-likeness (QED) is 0.745. The molecule has 1 aliphatic rings. The van der Waals surface area contributed by atoms with Gasteiger partial charge in [-0.2, -0.15) is 0 Å². The molecule has 1 saturated heterocycles. The van der Waals surface area contributed by atoms with Crippen LogP contribution < -0.4 is 10.1 Å². The summed E-state index contributed by atoms with van der Waals surface area (Å²) in [6.45, 7) is 10.8. The Morgan fingerprint density at radius 2 is 2.19 bits per heavy atom. The first-order valence-electron chi connectivity index (χ1n) is 8.08. The van der Waals surface area contributed by atoms with Crippen molar-refractivity contribution in [2.24, 2.45) is 0 Å². The van der Waals surface area contributed by atoms with Gasteiger partial charge in [0.25, 0.3) is 0 Å². The van der Waals surface area contributed by atoms with Gasteiger partial charge in [0, 0.05) is 25.2 Å². The summed E-state index contributed by atoms with van der Waals surface area (Å²) >= 11 is 0. The Hall–Kier alpha value is -1.10. The largest absolute Gasteiger partial charge is 0.490 e. The summed E-state index contributed by atoms with van der Waals surface area (Å²) < 4.78 is 11.8. The van der Waals surface area contributed by atoms with Crippen LogP contribution >= 0.6 is 0 Å². The van der Waals surface area contributed by atoms with Crippen LogP contribution in [0, 0.1) is 0 Å². The first-order valence-corrected chi connectivity index (χ1v) is 8.08. The highest BCUT2D eigenvalue weighted by atomic mass is 16.5. The molecule has 21 heavy (non-hydrogen) atoms. The van der Waals surface area contributed by atoms with Crippen molar-refractivity contribution in [3.63, 3.8) is 0 Å². The lowest BCUT2D eigenvalue weighted by Gasteiger charge is -2.32. The van der Waals surface area contributed by atoms with E-state index in [1.165, 1.54) is 5.56 Å². The first-order chi connectivity index (χ1) is 10.3. The van der Waals surface area contributed by atoms with Crippen LogP contribution in [-0.4, -0.2) is 50.4 Å². The Morgan fingerprint density at radius 1 is 1.33 bits per heavy atom. The molecular formula is C17H28N2O2. The van der Waals surface area contributed by atoms with Gasteiger partial charge >= 0.3 is 0 Å². The second-order valence-electron chi connectivity index (χ2n) is 5.48. The topological polar surface area (TPSA) is 33.7 Å². The predicted octanol–water partition coefficient (Wildman–Crippen LogP) is 2.29. The van der Waals surface area contributed by atoms with Crippen LogP contribution in [-0.2, 0) is 11.3 Å². The minimum absolute atomic E-state index is 0.176. The number of rotatable bonds is 8. The van der Waals surface area contributed by atoms with Gasteiger partial charge in [0.1, 0.15) is 18.5 Å². The van der Waals surface area contributed by atoms with E-state index < -0.39 is 0 Å². The summed E-state index contributed by atoms with van der Waals surface area (Å²) in [4.78, 5) is 2.41. The average molecular weight is 292 g/mol. The standard InChI is InChI=1S/C17H28N2O2/c1-3-9-18-12-15-7-5-6-8-17(15)21-14-16-13-19(4-2)10-11-20-16/h5-8,16,18H,3-4,9-14H2,1-2H3. The van der Waals surface area contributed by atoms with Crippen molar-refractivity contribution in [2.75, 3.05) is 39.4 Å². The zero-order valence-electron chi connectivity index (χ0n) is 13.3. The van der Waals surface area contributed by atoms with Crippen LogP contribution in [0.5, 0.6) is 5.75 Å². The molecule has 4 nitrogen and oxygen atoms in total. The van der Waals surface area contributed by atoms with Crippen LogP contribution in [0.4, 0.5) is 0 Å². The number of hydrogen-bond donors (Lipinski definition) is 1. The van der Waals surface area contributed by atoms with E-state index in [1.54, 1.807) is 0 Å². The summed E-state index contributed by atoms with van der Waals surface area (Å²) in [6.07, 6.45) is 1.32. The summed E-state index contributed by atoms with van der Waals surface area (Å²) in [5.41, 5.74) is 1.22. The highest BCUT2D eigenvalue weighted by molar-refractivity contribution is 5.33. The van der Waals surface area contributed by atoms with E-state index >= 15 is 0 Å². The second kappa shape index (κ2) is 9.03. The lowest BCUT2D eigenvalue weighted by Crippen LogP contribution is -2.44. The molecule has 118 valence electrons. The van der Waals surface area contributed by atoms with Gasteiger partial charge in [0.05, 0.1) is 6.61 Å². The fourth-order valence-electron chi connectivity index (χ4n) is 2.54. The van der Waals surface area contributed by atoms with Crippen molar-refractivity contribution in [1.82, 2.24) is 10.2 Å². The molecule has 1 atom stereocenters. The van der Waals surface area contributed by atoms with Gasteiger partial charge in [-0.3, -0.25) is 4.90 Å². The number of para-hydroxylation sites is 1. The van der Waals surface area contributed by atoms with Crippen LogP contribution in [0.15, 0.2) is 24.3 Å². The maximum absolute atomic E-state index is 6.01. The zero-order chi connectivity index (χ0) is 14.9. The van der Waals surface area contributed by atoms with Crippen molar-refractivity contribution in [2.45, 2.75) is 32.9 Å². The van der Waals surface area contributed by atoms with Gasteiger partial charge in [0.15, 0.2) is 0 Å². The van der Waals surface area contributed by atoms with Gasteiger partial charge in [-0.05, 0) is 25.6 Å². The van der Waals surface area contributed by atoms with Gasteiger partial charge in [0.2, 0.25) is 0 Å². The number of ether oxygens (including phenoxy) is 2. The normalized spacial score (nSPS) is 19.6. The molecule has 1 unspecified atom stereocenters. The molecule has 0 saturated carbocycles. The average Bonchev–Trinajstić information content (AvgIpc) is 2.54. The number of nitrogens with one attached hydrogen (secondary N) is 1. The third kappa shape index (κ3) is 5.30. The molecule has 1 fully saturated rings. The molecule has 2 rings (SSSR count). The maximum Gasteiger partial charge on any atom is 0.123 e. The fourth-order valence-corrected chi connectivity index (χ4v) is 2.54. The highest BCUT2D eigenvalue weighted by Crippen LogP contribution is 2.18. The summed E-state index contributed by atoms with van der Waals surface area (Å²) in [5, 5.41) is 3.43. The van der Waals surface area contributed by atoms with E-state index in [9.17, 15) is 0 Å². The molecular weight excluding hydrogens is 264 g/mol. The van der Waals surface area contributed by atoms with Crippen molar-refractivity contribution in [3.8, 4) is 5.75 Å². The Labute approximate surface area is 128 Å². The lowest BCUT2D eigenvalue weighted by molar-refractivity contribution is -0.0465. The molecule has 1 N–H and O–H groups in total. The zero-order valence-corrected chi connectivity index (χ0v) is 13.3. The Bertz CT molecular complexity index is 412. The molecule has 0 radical (unpaired) electrons. The molecule has 0 aromatic heterocycles. The number of hydrogen-bond acceptors (Lipinski definition) is 4. The molecule has 4 heteroatoms. The van der Waals surface area contributed by atoms with E-state index in [-0.39, 0.29) is 6.10 Å². The van der Waals surface area contributed by atoms with Crippen LogP contribution in [0.1, 0.15) is 25.8 Å². The third-order valence-corrected chi connectivity index (χ3v) is 3.81.